The lowest BCUT2D eigenvalue weighted by Crippen LogP contribution is -2.29. The maximum atomic E-state index is 12.3. The molecule has 3 aromatic carbocycles. The Labute approximate surface area is 192 Å². The van der Waals surface area contributed by atoms with Crippen LogP contribution in [0.3, 0.4) is 0 Å². The third-order valence-corrected chi connectivity index (χ3v) is 5.81. The van der Waals surface area contributed by atoms with E-state index in [0.717, 1.165) is 11.8 Å². The second-order valence-electron chi connectivity index (χ2n) is 7.12. The van der Waals surface area contributed by atoms with Crippen LogP contribution < -0.4 is 14.4 Å². The lowest BCUT2D eigenvalue weighted by atomic mass is 10.2. The Kier molecular flexibility index (Phi) is 7.68. The van der Waals surface area contributed by atoms with E-state index in [2.05, 4.69) is 5.32 Å². The van der Waals surface area contributed by atoms with Gasteiger partial charge in [-0.05, 0) is 42.0 Å². The second kappa shape index (κ2) is 10.6. The third-order valence-electron chi connectivity index (χ3n) is 4.67. The van der Waals surface area contributed by atoms with Gasteiger partial charge in [0.2, 0.25) is 10.0 Å². The van der Waals surface area contributed by atoms with Gasteiger partial charge in [0.1, 0.15) is 5.75 Å². The highest BCUT2D eigenvalue weighted by Crippen LogP contribution is 2.24. The molecule has 0 aliphatic rings. The quantitative estimate of drug-likeness (QED) is 0.483. The van der Waals surface area contributed by atoms with Crippen molar-refractivity contribution in [1.29, 1.82) is 0 Å². The van der Waals surface area contributed by atoms with Gasteiger partial charge in [0.05, 0.1) is 36.8 Å². The Morgan fingerprint density at radius 3 is 2.18 bits per heavy atom. The number of amides is 1. The summed E-state index contributed by atoms with van der Waals surface area (Å²) in [6.45, 7) is -0.101. The maximum Gasteiger partial charge on any atom is 0.339 e. The van der Waals surface area contributed by atoms with Crippen LogP contribution >= 0.6 is 0 Å². The van der Waals surface area contributed by atoms with Crippen LogP contribution in [0.4, 0.5) is 11.4 Å². The summed E-state index contributed by atoms with van der Waals surface area (Å²) in [5, 5.41) is 2.62. The number of methoxy groups -OCH3 is 1. The van der Waals surface area contributed by atoms with E-state index >= 15 is 0 Å². The van der Waals surface area contributed by atoms with E-state index in [-0.39, 0.29) is 18.7 Å². The molecule has 0 bridgehead atoms. The van der Waals surface area contributed by atoms with Crippen LogP contribution in [0.25, 0.3) is 0 Å². The molecule has 0 radical (unpaired) electrons. The molecule has 0 fully saturated rings. The van der Waals surface area contributed by atoms with Gasteiger partial charge in [-0.3, -0.25) is 9.10 Å². The summed E-state index contributed by atoms with van der Waals surface area (Å²) in [5.74, 6) is -0.631. The molecule has 0 spiro atoms. The standard InChI is InChI=1S/C24H24N2O6S/c1-31-24(28)21-10-6-7-11-22(21)25-23(27)17-32-20-14-12-19(13-15-20)26(33(2,29)30)16-18-8-4-3-5-9-18/h3-15H,16-17H2,1-2H3,(H,25,27). The normalized spacial score (nSPS) is 10.8. The van der Waals surface area contributed by atoms with E-state index in [9.17, 15) is 18.0 Å². The zero-order valence-electron chi connectivity index (χ0n) is 18.2. The number of ether oxygens (including phenoxy) is 2. The number of esters is 1. The van der Waals surface area contributed by atoms with Gasteiger partial charge in [0, 0.05) is 0 Å². The van der Waals surface area contributed by atoms with Crippen molar-refractivity contribution in [3.05, 3.63) is 90.0 Å². The van der Waals surface area contributed by atoms with Crippen LogP contribution in [-0.2, 0) is 26.1 Å². The lowest BCUT2D eigenvalue weighted by Gasteiger charge is -2.22. The summed E-state index contributed by atoms with van der Waals surface area (Å²) in [5.41, 5.74) is 1.88. The molecule has 0 saturated heterocycles. The van der Waals surface area contributed by atoms with Crippen LogP contribution in [0.15, 0.2) is 78.9 Å². The van der Waals surface area contributed by atoms with Gasteiger partial charge < -0.3 is 14.8 Å². The molecule has 33 heavy (non-hydrogen) atoms. The van der Waals surface area contributed by atoms with Crippen molar-refractivity contribution in [1.82, 2.24) is 0 Å². The highest BCUT2D eigenvalue weighted by atomic mass is 32.2. The fraction of sp³-hybridized carbons (Fsp3) is 0.167. The molecule has 9 heteroatoms. The van der Waals surface area contributed by atoms with Crippen molar-refractivity contribution >= 4 is 33.3 Å². The molecule has 1 amide bonds. The van der Waals surface area contributed by atoms with Crippen LogP contribution in [0, 0.1) is 0 Å². The molecular formula is C24H24N2O6S. The predicted octanol–water partition coefficient (Wildman–Crippen LogP) is 3.46. The summed E-state index contributed by atoms with van der Waals surface area (Å²) in [6.07, 6.45) is 1.15. The van der Waals surface area contributed by atoms with E-state index in [0.29, 0.717) is 17.1 Å². The Bertz CT molecular complexity index is 1210. The van der Waals surface area contributed by atoms with Crippen LogP contribution in [0.5, 0.6) is 5.75 Å². The first-order chi connectivity index (χ1) is 15.8. The molecule has 0 aromatic heterocycles. The van der Waals surface area contributed by atoms with Gasteiger partial charge in [0.25, 0.3) is 5.91 Å². The maximum absolute atomic E-state index is 12.3. The van der Waals surface area contributed by atoms with Gasteiger partial charge in [-0.1, -0.05) is 42.5 Å². The molecule has 0 aliphatic heterocycles. The Balaban J connectivity index is 1.64. The number of hydrogen-bond donors (Lipinski definition) is 1. The highest BCUT2D eigenvalue weighted by Gasteiger charge is 2.18. The van der Waals surface area contributed by atoms with Crippen molar-refractivity contribution in [3.63, 3.8) is 0 Å². The number of para-hydroxylation sites is 1. The number of benzene rings is 3. The molecule has 0 saturated carbocycles. The van der Waals surface area contributed by atoms with E-state index in [1.165, 1.54) is 11.4 Å². The number of anilines is 2. The Morgan fingerprint density at radius 1 is 0.909 bits per heavy atom. The summed E-state index contributed by atoms with van der Waals surface area (Å²) in [7, 11) is -2.25. The molecule has 3 rings (SSSR count). The van der Waals surface area contributed by atoms with Crippen LogP contribution in [0.2, 0.25) is 0 Å². The first-order valence-corrected chi connectivity index (χ1v) is 11.8. The SMILES string of the molecule is COC(=O)c1ccccc1NC(=O)COc1ccc(N(Cc2ccccc2)S(C)(=O)=O)cc1. The Hall–Kier alpha value is -3.85. The van der Waals surface area contributed by atoms with Gasteiger partial charge in [-0.2, -0.15) is 0 Å². The van der Waals surface area contributed by atoms with E-state index in [1.54, 1.807) is 48.5 Å². The highest BCUT2D eigenvalue weighted by molar-refractivity contribution is 7.92. The van der Waals surface area contributed by atoms with Crippen molar-refractivity contribution in [3.8, 4) is 5.75 Å². The van der Waals surface area contributed by atoms with Gasteiger partial charge in [-0.15, -0.1) is 0 Å². The number of hydrogen-bond acceptors (Lipinski definition) is 6. The zero-order valence-corrected chi connectivity index (χ0v) is 19.0. The molecule has 0 unspecified atom stereocenters. The monoisotopic (exact) mass is 468 g/mol. The van der Waals surface area contributed by atoms with Crippen molar-refractivity contribution < 1.29 is 27.5 Å². The number of carbonyl (C=O) groups is 2. The lowest BCUT2D eigenvalue weighted by molar-refractivity contribution is -0.118. The minimum Gasteiger partial charge on any atom is -0.484 e. The average Bonchev–Trinajstić information content (AvgIpc) is 2.81. The minimum atomic E-state index is -3.51. The summed E-state index contributed by atoms with van der Waals surface area (Å²) in [4.78, 5) is 24.1. The average molecular weight is 469 g/mol. The second-order valence-corrected chi connectivity index (χ2v) is 9.03. The molecule has 8 nitrogen and oxygen atoms in total. The molecule has 0 aliphatic carbocycles. The topological polar surface area (TPSA) is 102 Å². The number of sulfonamides is 1. The van der Waals surface area contributed by atoms with Gasteiger partial charge in [0.15, 0.2) is 6.61 Å². The van der Waals surface area contributed by atoms with E-state index in [4.69, 9.17) is 9.47 Å². The third kappa shape index (κ3) is 6.56. The minimum absolute atomic E-state index is 0.196. The molecule has 0 atom stereocenters. The van der Waals surface area contributed by atoms with Crippen LogP contribution in [-0.4, -0.2) is 40.3 Å². The van der Waals surface area contributed by atoms with Crippen LogP contribution in [0.1, 0.15) is 15.9 Å². The predicted molar refractivity (Wildman–Crippen MR) is 126 cm³/mol. The van der Waals surface area contributed by atoms with Crippen molar-refractivity contribution in [2.75, 3.05) is 29.6 Å². The first kappa shape index (κ1) is 23.8. The summed E-state index contributed by atoms with van der Waals surface area (Å²) >= 11 is 0. The molecule has 3 aromatic rings. The molecule has 172 valence electrons. The van der Waals surface area contributed by atoms with Crippen molar-refractivity contribution in [2.45, 2.75) is 6.54 Å². The molecule has 1 N–H and O–H groups in total. The number of rotatable bonds is 9. The largest absolute Gasteiger partial charge is 0.484 e. The van der Waals surface area contributed by atoms with E-state index in [1.807, 2.05) is 30.3 Å². The van der Waals surface area contributed by atoms with E-state index < -0.39 is 21.9 Å². The fourth-order valence-electron chi connectivity index (χ4n) is 3.07. The number of nitrogens with one attached hydrogen (secondary N) is 1. The Morgan fingerprint density at radius 2 is 1.55 bits per heavy atom. The molecular weight excluding hydrogens is 444 g/mol. The number of nitrogens with zero attached hydrogens (tertiary/aromatic N) is 1. The van der Waals surface area contributed by atoms with Crippen molar-refractivity contribution in [2.24, 2.45) is 0 Å². The van der Waals surface area contributed by atoms with Gasteiger partial charge in [-0.25, -0.2) is 13.2 Å². The summed E-state index contributed by atoms with van der Waals surface area (Å²) in [6, 6.07) is 22.2. The smallest absolute Gasteiger partial charge is 0.339 e. The first-order valence-electron chi connectivity index (χ1n) is 9.99. The number of carbonyl (C=O) groups excluding carboxylic acids is 2. The molecule has 0 heterocycles. The summed E-state index contributed by atoms with van der Waals surface area (Å²) < 4.78 is 36.1. The zero-order chi connectivity index (χ0) is 23.8. The van der Waals surface area contributed by atoms with Gasteiger partial charge >= 0.3 is 5.97 Å². The fourth-order valence-corrected chi connectivity index (χ4v) is 3.96.